The molecule has 2 aromatic heterocycles. The third-order valence-electron chi connectivity index (χ3n) is 6.19. The number of benzene rings is 2. The number of ether oxygens (including phenoxy) is 3. The van der Waals surface area contributed by atoms with E-state index in [1.807, 2.05) is 30.3 Å². The number of likely N-dealkylation sites (N-methyl/N-ethyl adjacent to an activating group) is 1. The highest BCUT2D eigenvalue weighted by atomic mass is 35.5. The van der Waals surface area contributed by atoms with Crippen LogP contribution in [0.15, 0.2) is 55.0 Å². The van der Waals surface area contributed by atoms with Crippen LogP contribution in [0.2, 0.25) is 10.0 Å². The zero-order valence-corrected chi connectivity index (χ0v) is 23.0. The van der Waals surface area contributed by atoms with Gasteiger partial charge in [-0.1, -0.05) is 23.2 Å². The SMILES string of the molecule is COc1cc(OC)c(Cl)c(Nc2ncccc2-c2cc(Nc3ccc(OC4CN(C)C4)cc3N)ncn2)c1Cl. The van der Waals surface area contributed by atoms with Crippen LogP contribution in [0.3, 0.4) is 0 Å². The number of rotatable bonds is 9. The van der Waals surface area contributed by atoms with Crippen LogP contribution in [0, 0.1) is 0 Å². The molecular formula is C27H27Cl2N7O3. The van der Waals surface area contributed by atoms with Gasteiger partial charge < -0.3 is 30.6 Å². The molecule has 0 unspecified atom stereocenters. The number of nitrogens with zero attached hydrogens (tertiary/aromatic N) is 4. The number of hydrogen-bond acceptors (Lipinski definition) is 10. The number of aromatic nitrogens is 3. The van der Waals surface area contributed by atoms with Crippen molar-refractivity contribution in [2.45, 2.75) is 6.10 Å². The summed E-state index contributed by atoms with van der Waals surface area (Å²) in [6.45, 7) is 1.80. The summed E-state index contributed by atoms with van der Waals surface area (Å²) >= 11 is 13.1. The fourth-order valence-electron chi connectivity index (χ4n) is 4.17. The first-order valence-corrected chi connectivity index (χ1v) is 12.8. The Hall–Kier alpha value is -3.99. The molecule has 4 aromatic rings. The first-order chi connectivity index (χ1) is 18.9. The lowest BCUT2D eigenvalue weighted by Gasteiger charge is -2.36. The summed E-state index contributed by atoms with van der Waals surface area (Å²) in [4.78, 5) is 15.5. The number of anilines is 5. The molecule has 0 amide bonds. The summed E-state index contributed by atoms with van der Waals surface area (Å²) in [7, 11) is 5.09. The van der Waals surface area contributed by atoms with E-state index in [1.165, 1.54) is 20.5 Å². The molecule has 39 heavy (non-hydrogen) atoms. The van der Waals surface area contributed by atoms with E-state index >= 15 is 0 Å². The lowest BCUT2D eigenvalue weighted by molar-refractivity contribution is 0.0389. The lowest BCUT2D eigenvalue weighted by Crippen LogP contribution is -2.51. The van der Waals surface area contributed by atoms with Gasteiger partial charge in [0.05, 0.1) is 37.0 Å². The van der Waals surface area contributed by atoms with E-state index in [9.17, 15) is 0 Å². The number of methoxy groups -OCH3 is 2. The number of halogens is 2. The zero-order valence-electron chi connectivity index (χ0n) is 21.5. The number of pyridine rings is 1. The molecule has 0 bridgehead atoms. The Balaban J connectivity index is 1.40. The van der Waals surface area contributed by atoms with Crippen molar-refractivity contribution in [1.82, 2.24) is 19.9 Å². The number of hydrogen-bond donors (Lipinski definition) is 3. The van der Waals surface area contributed by atoms with Gasteiger partial charge in [-0.05, 0) is 31.3 Å². The topological polar surface area (TPSA) is 120 Å². The Bertz CT molecular complexity index is 1470. The van der Waals surface area contributed by atoms with Crippen molar-refractivity contribution in [3.8, 4) is 28.5 Å². The molecule has 2 aromatic carbocycles. The second-order valence-corrected chi connectivity index (χ2v) is 9.69. The zero-order chi connectivity index (χ0) is 27.5. The van der Waals surface area contributed by atoms with Gasteiger partial charge in [-0.2, -0.15) is 0 Å². The summed E-state index contributed by atoms with van der Waals surface area (Å²) in [5, 5.41) is 7.05. The van der Waals surface area contributed by atoms with Gasteiger partial charge in [-0.15, -0.1) is 0 Å². The van der Waals surface area contributed by atoms with Crippen LogP contribution in [0.4, 0.5) is 28.7 Å². The van der Waals surface area contributed by atoms with Crippen LogP contribution in [0.5, 0.6) is 17.2 Å². The molecule has 1 fully saturated rings. The maximum Gasteiger partial charge on any atom is 0.143 e. The molecule has 0 aliphatic carbocycles. The summed E-state index contributed by atoms with van der Waals surface area (Å²) in [5.74, 6) is 2.57. The van der Waals surface area contributed by atoms with Gasteiger partial charge in [0.25, 0.3) is 0 Å². The molecule has 4 N–H and O–H groups in total. The minimum atomic E-state index is 0.183. The number of nitrogen functional groups attached to an aromatic ring is 1. The van der Waals surface area contributed by atoms with Crippen molar-refractivity contribution in [3.63, 3.8) is 0 Å². The van der Waals surface area contributed by atoms with E-state index in [1.54, 1.807) is 18.3 Å². The van der Waals surface area contributed by atoms with Crippen molar-refractivity contribution in [1.29, 1.82) is 0 Å². The first kappa shape index (κ1) is 26.6. The molecule has 3 heterocycles. The average Bonchev–Trinajstić information content (AvgIpc) is 2.92. The van der Waals surface area contributed by atoms with E-state index in [4.69, 9.17) is 43.1 Å². The van der Waals surface area contributed by atoms with E-state index in [-0.39, 0.29) is 16.1 Å². The molecule has 0 atom stereocenters. The normalized spacial score (nSPS) is 13.5. The minimum Gasteiger partial charge on any atom is -0.495 e. The minimum absolute atomic E-state index is 0.183. The third kappa shape index (κ3) is 5.73. The second kappa shape index (κ2) is 11.4. The van der Waals surface area contributed by atoms with Gasteiger partial charge in [0.1, 0.15) is 51.4 Å². The number of nitrogens with two attached hydrogens (primary N) is 1. The van der Waals surface area contributed by atoms with Crippen LogP contribution >= 0.6 is 23.2 Å². The summed E-state index contributed by atoms with van der Waals surface area (Å²) in [6.07, 6.45) is 3.30. The van der Waals surface area contributed by atoms with Gasteiger partial charge >= 0.3 is 0 Å². The molecule has 0 saturated carbocycles. The molecular weight excluding hydrogens is 541 g/mol. The maximum absolute atomic E-state index is 6.56. The van der Waals surface area contributed by atoms with Crippen LogP contribution in [-0.4, -0.2) is 60.3 Å². The van der Waals surface area contributed by atoms with Crippen LogP contribution in [0.1, 0.15) is 0 Å². The van der Waals surface area contributed by atoms with Gasteiger partial charge in [-0.25, -0.2) is 15.0 Å². The van der Waals surface area contributed by atoms with E-state index < -0.39 is 0 Å². The van der Waals surface area contributed by atoms with Gasteiger partial charge in [0.2, 0.25) is 0 Å². The Morgan fingerprint density at radius 2 is 1.69 bits per heavy atom. The number of likely N-dealkylation sites (tertiary alicyclic amines) is 1. The predicted octanol–water partition coefficient (Wildman–Crippen LogP) is 5.62. The Morgan fingerprint density at radius 3 is 2.36 bits per heavy atom. The Labute approximate surface area is 236 Å². The first-order valence-electron chi connectivity index (χ1n) is 12.0. The Kier molecular flexibility index (Phi) is 7.78. The van der Waals surface area contributed by atoms with Crippen LogP contribution in [0.25, 0.3) is 11.3 Å². The summed E-state index contributed by atoms with van der Waals surface area (Å²) in [5.41, 5.74) is 9.24. The third-order valence-corrected chi connectivity index (χ3v) is 6.94. The fourth-order valence-corrected chi connectivity index (χ4v) is 4.77. The molecule has 5 rings (SSSR count). The quantitative estimate of drug-likeness (QED) is 0.219. The average molecular weight is 568 g/mol. The standard InChI is InChI=1S/C27H27Cl2N7O3/c1-36-12-16(13-36)39-15-6-7-19(18(30)9-15)34-23-10-20(32-14-33-23)17-5-4-8-31-27(17)35-26-24(28)21(37-2)11-22(38-3)25(26)29/h4-11,14,16H,12-13,30H2,1-3H3,(H,31,35)(H,32,33,34). The van der Waals surface area contributed by atoms with E-state index in [2.05, 4.69) is 37.5 Å². The van der Waals surface area contributed by atoms with Crippen molar-refractivity contribution in [3.05, 3.63) is 65.0 Å². The molecule has 12 heteroatoms. The molecule has 1 aliphatic heterocycles. The molecule has 0 radical (unpaired) electrons. The predicted molar refractivity (Wildman–Crippen MR) is 154 cm³/mol. The smallest absolute Gasteiger partial charge is 0.143 e. The Morgan fingerprint density at radius 1 is 0.949 bits per heavy atom. The highest BCUT2D eigenvalue weighted by Gasteiger charge is 2.25. The number of nitrogens with one attached hydrogen (secondary N) is 2. The molecule has 0 spiro atoms. The van der Waals surface area contributed by atoms with Crippen LogP contribution in [-0.2, 0) is 0 Å². The highest BCUT2D eigenvalue weighted by Crippen LogP contribution is 2.45. The van der Waals surface area contributed by atoms with E-state index in [0.29, 0.717) is 51.5 Å². The monoisotopic (exact) mass is 567 g/mol. The van der Waals surface area contributed by atoms with Crippen LogP contribution < -0.4 is 30.6 Å². The molecule has 1 aliphatic rings. The fraction of sp³-hybridized carbons (Fsp3) is 0.222. The molecule has 10 nitrogen and oxygen atoms in total. The van der Waals surface area contributed by atoms with Gasteiger partial charge in [0, 0.05) is 43.0 Å². The largest absolute Gasteiger partial charge is 0.495 e. The van der Waals surface area contributed by atoms with Crippen molar-refractivity contribution in [2.75, 3.05) is 50.7 Å². The molecule has 202 valence electrons. The lowest BCUT2D eigenvalue weighted by atomic mass is 10.1. The highest BCUT2D eigenvalue weighted by molar-refractivity contribution is 6.41. The van der Waals surface area contributed by atoms with Gasteiger partial charge in [0.15, 0.2) is 0 Å². The maximum atomic E-state index is 6.56. The summed E-state index contributed by atoms with van der Waals surface area (Å²) < 4.78 is 16.7. The van der Waals surface area contributed by atoms with Crippen molar-refractivity contribution < 1.29 is 14.2 Å². The molecule has 1 saturated heterocycles. The van der Waals surface area contributed by atoms with Crippen molar-refractivity contribution in [2.24, 2.45) is 0 Å². The second-order valence-electron chi connectivity index (χ2n) is 8.93. The van der Waals surface area contributed by atoms with Crippen molar-refractivity contribution >= 4 is 51.9 Å². The summed E-state index contributed by atoms with van der Waals surface area (Å²) in [6, 6.07) is 12.7. The van der Waals surface area contributed by atoms with Gasteiger partial charge in [-0.3, -0.25) is 4.90 Å². The van der Waals surface area contributed by atoms with E-state index in [0.717, 1.165) is 18.8 Å².